The number of halogens is 1. The summed E-state index contributed by atoms with van der Waals surface area (Å²) >= 11 is 3.32. The van der Waals surface area contributed by atoms with Gasteiger partial charge in [0.1, 0.15) is 10.0 Å². The zero-order chi connectivity index (χ0) is 13.6. The van der Waals surface area contributed by atoms with Crippen molar-refractivity contribution in [1.82, 2.24) is 4.98 Å². The summed E-state index contributed by atoms with van der Waals surface area (Å²) in [4.78, 5) is 18.6. The predicted octanol–water partition coefficient (Wildman–Crippen LogP) is 2.89. The molecule has 1 aliphatic carbocycles. The van der Waals surface area contributed by atoms with Crippen molar-refractivity contribution < 1.29 is 4.79 Å². The van der Waals surface area contributed by atoms with E-state index in [9.17, 15) is 10.1 Å². The first-order valence-electron chi connectivity index (χ1n) is 6.45. The van der Waals surface area contributed by atoms with Gasteiger partial charge in [0.05, 0.1) is 6.07 Å². The third-order valence-electron chi connectivity index (χ3n) is 4.12. The molecule has 0 N–H and O–H groups in total. The fraction of sp³-hybridized carbons (Fsp3) is 0.500. The van der Waals surface area contributed by atoms with E-state index in [4.69, 9.17) is 0 Å². The minimum atomic E-state index is -0.796. The SMILES string of the molecule is C[C@@H]1C[C@@](C#N)(C2CC2)C(=O)N1c1ccnc(Br)c1. The number of nitriles is 1. The van der Waals surface area contributed by atoms with Crippen LogP contribution in [0, 0.1) is 22.7 Å². The summed E-state index contributed by atoms with van der Waals surface area (Å²) in [6.45, 7) is 2.01. The van der Waals surface area contributed by atoms with Crippen molar-refractivity contribution >= 4 is 27.5 Å². The second-order valence-electron chi connectivity index (χ2n) is 5.42. The maximum absolute atomic E-state index is 12.7. The molecule has 5 heteroatoms. The van der Waals surface area contributed by atoms with Crippen molar-refractivity contribution in [3.63, 3.8) is 0 Å². The number of pyridine rings is 1. The van der Waals surface area contributed by atoms with E-state index < -0.39 is 5.41 Å². The van der Waals surface area contributed by atoms with Gasteiger partial charge in [-0.3, -0.25) is 4.79 Å². The van der Waals surface area contributed by atoms with E-state index in [0.717, 1.165) is 18.5 Å². The van der Waals surface area contributed by atoms with Gasteiger partial charge in [-0.2, -0.15) is 5.26 Å². The van der Waals surface area contributed by atoms with Crippen LogP contribution in [0.4, 0.5) is 5.69 Å². The molecule has 1 aromatic rings. The van der Waals surface area contributed by atoms with Gasteiger partial charge in [0, 0.05) is 17.9 Å². The summed E-state index contributed by atoms with van der Waals surface area (Å²) in [5, 5.41) is 9.52. The molecule has 0 aromatic carbocycles. The highest BCUT2D eigenvalue weighted by Gasteiger charge is 2.59. The number of anilines is 1. The molecule has 0 bridgehead atoms. The number of carbonyl (C=O) groups is 1. The summed E-state index contributed by atoms with van der Waals surface area (Å²) in [7, 11) is 0. The van der Waals surface area contributed by atoms with Crippen LogP contribution >= 0.6 is 15.9 Å². The fourth-order valence-corrected chi connectivity index (χ4v) is 3.43. The first kappa shape index (κ1) is 12.6. The quantitative estimate of drug-likeness (QED) is 0.787. The lowest BCUT2D eigenvalue weighted by molar-refractivity contribution is -0.123. The third kappa shape index (κ3) is 1.86. The van der Waals surface area contributed by atoms with E-state index in [2.05, 4.69) is 27.0 Å². The smallest absolute Gasteiger partial charge is 0.248 e. The van der Waals surface area contributed by atoms with E-state index in [0.29, 0.717) is 11.0 Å². The number of rotatable bonds is 2. The number of aromatic nitrogens is 1. The first-order valence-corrected chi connectivity index (χ1v) is 7.24. The largest absolute Gasteiger partial charge is 0.308 e. The van der Waals surface area contributed by atoms with Crippen LogP contribution in [0.5, 0.6) is 0 Å². The zero-order valence-corrected chi connectivity index (χ0v) is 12.2. The molecular weight excluding hydrogens is 306 g/mol. The summed E-state index contributed by atoms with van der Waals surface area (Å²) in [6, 6.07) is 6.02. The molecule has 0 spiro atoms. The highest BCUT2D eigenvalue weighted by atomic mass is 79.9. The molecule has 3 rings (SSSR count). The van der Waals surface area contributed by atoms with Crippen molar-refractivity contribution in [2.45, 2.75) is 32.2 Å². The van der Waals surface area contributed by atoms with Crippen molar-refractivity contribution in [1.29, 1.82) is 5.26 Å². The minimum Gasteiger partial charge on any atom is -0.308 e. The Kier molecular flexibility index (Phi) is 2.86. The fourth-order valence-electron chi connectivity index (χ4n) is 3.08. The van der Waals surface area contributed by atoms with Crippen LogP contribution in [0.2, 0.25) is 0 Å². The molecule has 2 fully saturated rings. The van der Waals surface area contributed by atoms with Gasteiger partial charge in [-0.25, -0.2) is 4.98 Å². The highest BCUT2D eigenvalue weighted by molar-refractivity contribution is 9.10. The zero-order valence-electron chi connectivity index (χ0n) is 10.6. The average Bonchev–Trinajstić information content (AvgIpc) is 3.17. The standard InChI is InChI=1S/C14H14BrN3O/c1-9-7-14(8-16,10-2-3-10)13(19)18(9)11-4-5-17-12(15)6-11/h4-6,9-10H,2-3,7H2,1H3/t9-,14-/m1/s1. The Balaban J connectivity index is 2.00. The van der Waals surface area contributed by atoms with Gasteiger partial charge in [-0.1, -0.05) is 0 Å². The van der Waals surface area contributed by atoms with Crippen molar-refractivity contribution in [2.24, 2.45) is 11.3 Å². The Morgan fingerprint density at radius 1 is 1.58 bits per heavy atom. The molecular formula is C14H14BrN3O. The lowest BCUT2D eigenvalue weighted by Gasteiger charge is -2.23. The summed E-state index contributed by atoms with van der Waals surface area (Å²) < 4.78 is 0.700. The van der Waals surface area contributed by atoms with Crippen LogP contribution in [-0.2, 0) is 4.79 Å². The molecule has 0 unspecified atom stereocenters. The number of nitrogens with zero attached hydrogens (tertiary/aromatic N) is 3. The topological polar surface area (TPSA) is 57.0 Å². The van der Waals surface area contributed by atoms with Gasteiger partial charge in [0.15, 0.2) is 0 Å². The van der Waals surface area contributed by atoms with E-state index in [1.807, 2.05) is 19.1 Å². The Morgan fingerprint density at radius 3 is 2.89 bits per heavy atom. The summed E-state index contributed by atoms with van der Waals surface area (Å²) in [5.41, 5.74) is 0.0203. The van der Waals surface area contributed by atoms with Crippen LogP contribution < -0.4 is 4.90 Å². The Hall–Kier alpha value is -1.41. The molecule has 19 heavy (non-hydrogen) atoms. The molecule has 1 aliphatic heterocycles. The van der Waals surface area contributed by atoms with Gasteiger partial charge in [-0.15, -0.1) is 0 Å². The number of amides is 1. The van der Waals surface area contributed by atoms with Crippen molar-refractivity contribution in [3.8, 4) is 6.07 Å². The van der Waals surface area contributed by atoms with Gasteiger partial charge in [0.2, 0.25) is 5.91 Å². The van der Waals surface area contributed by atoms with Gasteiger partial charge in [0.25, 0.3) is 0 Å². The number of carbonyl (C=O) groups excluding carboxylic acids is 1. The van der Waals surface area contributed by atoms with Crippen LogP contribution in [-0.4, -0.2) is 16.9 Å². The summed E-state index contributed by atoms with van der Waals surface area (Å²) in [6.07, 6.45) is 4.30. The van der Waals surface area contributed by atoms with Crippen LogP contribution in [0.1, 0.15) is 26.2 Å². The van der Waals surface area contributed by atoms with Gasteiger partial charge < -0.3 is 4.90 Å². The second-order valence-corrected chi connectivity index (χ2v) is 6.23. The van der Waals surface area contributed by atoms with Crippen LogP contribution in [0.25, 0.3) is 0 Å². The number of hydrogen-bond acceptors (Lipinski definition) is 3. The average molecular weight is 320 g/mol. The molecule has 98 valence electrons. The molecule has 4 nitrogen and oxygen atoms in total. The third-order valence-corrected chi connectivity index (χ3v) is 4.55. The molecule has 2 atom stereocenters. The first-order chi connectivity index (χ1) is 9.08. The highest BCUT2D eigenvalue weighted by Crippen LogP contribution is 2.53. The van der Waals surface area contributed by atoms with Crippen molar-refractivity contribution in [2.75, 3.05) is 4.90 Å². The van der Waals surface area contributed by atoms with Crippen molar-refractivity contribution in [3.05, 3.63) is 22.9 Å². The molecule has 2 heterocycles. The molecule has 1 aromatic heterocycles. The maximum Gasteiger partial charge on any atom is 0.248 e. The van der Waals surface area contributed by atoms with E-state index in [1.165, 1.54) is 0 Å². The normalized spacial score (nSPS) is 30.5. The Bertz CT molecular complexity index is 578. The molecule has 1 saturated heterocycles. The second kappa shape index (κ2) is 4.31. The molecule has 2 aliphatic rings. The lowest BCUT2D eigenvalue weighted by Crippen LogP contribution is -2.36. The predicted molar refractivity (Wildman–Crippen MR) is 74.3 cm³/mol. The monoisotopic (exact) mass is 319 g/mol. The molecule has 1 amide bonds. The van der Waals surface area contributed by atoms with E-state index in [1.54, 1.807) is 11.1 Å². The van der Waals surface area contributed by atoms with Gasteiger partial charge in [-0.05, 0) is 60.2 Å². The van der Waals surface area contributed by atoms with Gasteiger partial charge >= 0.3 is 0 Å². The molecule has 0 radical (unpaired) electrons. The number of hydrogen-bond donors (Lipinski definition) is 0. The Labute approximate surface area is 120 Å². The molecule has 1 saturated carbocycles. The van der Waals surface area contributed by atoms with E-state index >= 15 is 0 Å². The van der Waals surface area contributed by atoms with Crippen LogP contribution in [0.3, 0.4) is 0 Å². The van der Waals surface area contributed by atoms with Crippen LogP contribution in [0.15, 0.2) is 22.9 Å². The minimum absolute atomic E-state index is 0.0388. The Morgan fingerprint density at radius 2 is 2.32 bits per heavy atom. The summed E-state index contributed by atoms with van der Waals surface area (Å²) in [5.74, 6) is 0.214. The van der Waals surface area contributed by atoms with E-state index in [-0.39, 0.29) is 17.9 Å². The maximum atomic E-state index is 12.7. The lowest BCUT2D eigenvalue weighted by atomic mass is 9.81.